The molecule has 162 valence electrons. The monoisotopic (exact) mass is 470 g/mol. The van der Waals surface area contributed by atoms with Crippen LogP contribution in [0.25, 0.3) is 27.7 Å². The largest absolute Gasteiger partial charge is 0.296 e. The van der Waals surface area contributed by atoms with Gasteiger partial charge >= 0.3 is 0 Å². The highest BCUT2D eigenvalue weighted by molar-refractivity contribution is 7.98. The lowest BCUT2D eigenvalue weighted by Crippen LogP contribution is -2.26. The average molecular weight is 471 g/mol. The molecule has 5 rings (SSSR count). The summed E-state index contributed by atoms with van der Waals surface area (Å²) in [6.07, 6.45) is 2.03. The number of thiazole rings is 1. The highest BCUT2D eigenvalue weighted by Crippen LogP contribution is 2.27. The van der Waals surface area contributed by atoms with Gasteiger partial charge in [-0.05, 0) is 36.6 Å². The third-order valence-corrected chi connectivity index (χ3v) is 6.63. The Hall–Kier alpha value is -3.75. The first-order valence-corrected chi connectivity index (χ1v) is 12.2. The summed E-state index contributed by atoms with van der Waals surface area (Å²) in [4.78, 5) is 32.0. The molecule has 0 saturated carbocycles. The smallest absolute Gasteiger partial charge is 0.279 e. The Morgan fingerprint density at radius 1 is 0.939 bits per heavy atom. The van der Waals surface area contributed by atoms with Crippen LogP contribution in [-0.4, -0.2) is 26.9 Å². The third-order valence-electron chi connectivity index (χ3n) is 5.13. The fraction of sp³-hybridized carbons (Fsp3) is 0.0400. The molecule has 0 aliphatic rings. The van der Waals surface area contributed by atoms with E-state index in [0.717, 1.165) is 11.3 Å². The van der Waals surface area contributed by atoms with Gasteiger partial charge in [0.25, 0.3) is 11.5 Å². The van der Waals surface area contributed by atoms with E-state index in [1.807, 2.05) is 54.1 Å². The highest BCUT2D eigenvalue weighted by atomic mass is 32.2. The van der Waals surface area contributed by atoms with Gasteiger partial charge in [-0.2, -0.15) is 9.78 Å². The van der Waals surface area contributed by atoms with Gasteiger partial charge in [-0.25, -0.2) is 4.98 Å². The molecule has 0 unspecified atom stereocenters. The van der Waals surface area contributed by atoms with Gasteiger partial charge in [-0.15, -0.1) is 23.1 Å². The molecular weight excluding hydrogens is 452 g/mol. The lowest BCUT2D eigenvalue weighted by Gasteiger charge is -2.10. The fourth-order valence-electron chi connectivity index (χ4n) is 3.48. The Balaban J connectivity index is 1.51. The average Bonchev–Trinajstić information content (AvgIpc) is 3.33. The molecule has 5 aromatic rings. The molecule has 33 heavy (non-hydrogen) atoms. The summed E-state index contributed by atoms with van der Waals surface area (Å²) < 4.78 is 1.26. The zero-order valence-corrected chi connectivity index (χ0v) is 19.2. The first-order chi connectivity index (χ1) is 16.1. The molecule has 2 heterocycles. The maximum atomic E-state index is 13.2. The lowest BCUT2D eigenvalue weighted by molar-refractivity contribution is 0.102. The Morgan fingerprint density at radius 3 is 2.36 bits per heavy atom. The van der Waals surface area contributed by atoms with Gasteiger partial charge in [0.05, 0.1) is 16.8 Å². The SMILES string of the molecule is CSc1ccc(-c2csc(NC(=O)c3nn(-c4ccccc4)c(=O)c4ccccc34)n2)cc1. The van der Waals surface area contributed by atoms with Crippen LogP contribution < -0.4 is 10.9 Å². The van der Waals surface area contributed by atoms with Crippen LogP contribution in [0.4, 0.5) is 5.13 Å². The number of amides is 1. The van der Waals surface area contributed by atoms with Crippen LogP contribution in [0.3, 0.4) is 0 Å². The summed E-state index contributed by atoms with van der Waals surface area (Å²) in [5.74, 6) is -0.422. The van der Waals surface area contributed by atoms with Crippen LogP contribution in [0.2, 0.25) is 0 Å². The van der Waals surface area contributed by atoms with E-state index in [9.17, 15) is 9.59 Å². The number of nitrogens with one attached hydrogen (secondary N) is 1. The minimum Gasteiger partial charge on any atom is -0.296 e. The summed E-state index contributed by atoms with van der Waals surface area (Å²) in [6.45, 7) is 0. The van der Waals surface area contributed by atoms with E-state index in [-0.39, 0.29) is 11.3 Å². The minimum atomic E-state index is -0.422. The van der Waals surface area contributed by atoms with E-state index >= 15 is 0 Å². The quantitative estimate of drug-likeness (QED) is 0.344. The van der Waals surface area contributed by atoms with Crippen molar-refractivity contribution < 1.29 is 4.79 Å². The van der Waals surface area contributed by atoms with Crippen molar-refractivity contribution in [1.82, 2.24) is 14.8 Å². The second-order valence-electron chi connectivity index (χ2n) is 7.17. The van der Waals surface area contributed by atoms with Crippen LogP contribution in [-0.2, 0) is 0 Å². The van der Waals surface area contributed by atoms with Crippen LogP contribution in [0, 0.1) is 0 Å². The van der Waals surface area contributed by atoms with Crippen molar-refractivity contribution in [2.24, 2.45) is 0 Å². The van der Waals surface area contributed by atoms with E-state index in [0.29, 0.717) is 21.6 Å². The summed E-state index contributed by atoms with van der Waals surface area (Å²) in [5.41, 5.74) is 2.24. The molecule has 0 aliphatic heterocycles. The highest BCUT2D eigenvalue weighted by Gasteiger charge is 2.19. The Morgan fingerprint density at radius 2 is 1.64 bits per heavy atom. The maximum Gasteiger partial charge on any atom is 0.279 e. The molecule has 8 heteroatoms. The Bertz CT molecular complexity index is 1510. The number of thioether (sulfide) groups is 1. The molecule has 1 amide bonds. The normalized spacial score (nSPS) is 10.9. The van der Waals surface area contributed by atoms with Crippen molar-refractivity contribution >= 4 is 44.9 Å². The lowest BCUT2D eigenvalue weighted by atomic mass is 10.1. The molecule has 6 nitrogen and oxygen atoms in total. The second kappa shape index (κ2) is 9.01. The Labute approximate surface area is 197 Å². The van der Waals surface area contributed by atoms with Crippen LogP contribution in [0.1, 0.15) is 10.5 Å². The van der Waals surface area contributed by atoms with Gasteiger partial charge in [0.1, 0.15) is 0 Å². The number of aromatic nitrogens is 3. The van der Waals surface area contributed by atoms with Gasteiger partial charge in [0.15, 0.2) is 10.8 Å². The molecule has 0 atom stereocenters. The third kappa shape index (κ3) is 4.18. The molecule has 1 N–H and O–H groups in total. The van der Waals surface area contributed by atoms with Crippen molar-refractivity contribution in [3.8, 4) is 16.9 Å². The molecule has 0 fully saturated rings. The number of carbonyl (C=O) groups excluding carboxylic acids is 1. The number of rotatable bonds is 5. The number of benzene rings is 3. The van der Waals surface area contributed by atoms with Crippen molar-refractivity contribution in [3.05, 3.63) is 100 Å². The standard InChI is InChI=1S/C25H18N4O2S2/c1-32-18-13-11-16(12-14-18)21-15-33-25(26-21)27-23(30)22-19-9-5-6-10-20(19)24(31)29(28-22)17-7-3-2-4-8-17/h2-15H,1H3,(H,26,27,30). The molecule has 0 saturated heterocycles. The van der Waals surface area contributed by atoms with Crippen molar-refractivity contribution in [2.45, 2.75) is 4.90 Å². The predicted molar refractivity (Wildman–Crippen MR) is 135 cm³/mol. The summed E-state index contributed by atoms with van der Waals surface area (Å²) in [7, 11) is 0. The molecule has 0 radical (unpaired) electrons. The molecule has 0 spiro atoms. The topological polar surface area (TPSA) is 76.9 Å². The molecule has 0 bridgehead atoms. The van der Waals surface area contributed by atoms with Gasteiger partial charge in [-0.1, -0.05) is 48.5 Å². The van der Waals surface area contributed by atoms with Gasteiger partial charge in [0, 0.05) is 21.2 Å². The summed E-state index contributed by atoms with van der Waals surface area (Å²) in [5, 5.41) is 10.6. The first-order valence-electron chi connectivity index (χ1n) is 10.1. The van der Waals surface area contributed by atoms with E-state index in [1.54, 1.807) is 48.2 Å². The summed E-state index contributed by atoms with van der Waals surface area (Å²) >= 11 is 3.02. The number of nitrogens with zero attached hydrogens (tertiary/aromatic N) is 3. The van der Waals surface area contributed by atoms with Crippen molar-refractivity contribution in [1.29, 1.82) is 0 Å². The van der Waals surface area contributed by atoms with Gasteiger partial charge in [-0.3, -0.25) is 14.9 Å². The predicted octanol–water partition coefficient (Wildman–Crippen LogP) is 5.48. The zero-order valence-electron chi connectivity index (χ0n) is 17.6. The second-order valence-corrected chi connectivity index (χ2v) is 8.90. The fourth-order valence-corrected chi connectivity index (χ4v) is 4.61. The Kier molecular flexibility index (Phi) is 5.77. The van der Waals surface area contributed by atoms with E-state index in [1.165, 1.54) is 20.9 Å². The maximum absolute atomic E-state index is 13.2. The summed E-state index contributed by atoms with van der Waals surface area (Å²) in [6, 6.07) is 24.2. The number of para-hydroxylation sites is 1. The van der Waals surface area contributed by atoms with E-state index < -0.39 is 5.91 Å². The number of anilines is 1. The molecule has 3 aromatic carbocycles. The van der Waals surface area contributed by atoms with Crippen molar-refractivity contribution in [2.75, 3.05) is 11.6 Å². The van der Waals surface area contributed by atoms with Crippen LogP contribution in [0.5, 0.6) is 0 Å². The molecular formula is C25H18N4O2S2. The number of fused-ring (bicyclic) bond motifs is 1. The van der Waals surface area contributed by atoms with Gasteiger partial charge < -0.3 is 0 Å². The zero-order chi connectivity index (χ0) is 22.8. The minimum absolute atomic E-state index is 0.162. The number of carbonyl (C=O) groups is 1. The van der Waals surface area contributed by atoms with Crippen LogP contribution >= 0.6 is 23.1 Å². The van der Waals surface area contributed by atoms with E-state index in [2.05, 4.69) is 15.4 Å². The number of hydrogen-bond acceptors (Lipinski definition) is 6. The first kappa shape index (κ1) is 21.1. The molecule has 0 aliphatic carbocycles. The van der Waals surface area contributed by atoms with E-state index in [4.69, 9.17) is 0 Å². The van der Waals surface area contributed by atoms with Gasteiger partial charge in [0.2, 0.25) is 0 Å². The molecule has 2 aromatic heterocycles. The van der Waals surface area contributed by atoms with Crippen molar-refractivity contribution in [3.63, 3.8) is 0 Å². The number of hydrogen-bond donors (Lipinski definition) is 1. The van der Waals surface area contributed by atoms with Crippen LogP contribution in [0.15, 0.2) is 93.9 Å².